The molecule has 0 aliphatic rings. The second-order valence-corrected chi connectivity index (χ2v) is 4.55. The van der Waals surface area contributed by atoms with Crippen LogP contribution >= 0.6 is 0 Å². The zero-order valence-electron chi connectivity index (χ0n) is 12.1. The van der Waals surface area contributed by atoms with Crippen LogP contribution in [-0.2, 0) is 0 Å². The molecule has 1 aromatic heterocycles. The van der Waals surface area contributed by atoms with Gasteiger partial charge in [0, 0.05) is 14.1 Å². The van der Waals surface area contributed by atoms with Crippen molar-refractivity contribution in [2.24, 2.45) is 0 Å². The van der Waals surface area contributed by atoms with Crippen LogP contribution in [0.15, 0.2) is 30.6 Å². The fraction of sp³-hybridized carbons (Fsp3) is 0.154. The monoisotopic (exact) mass is 305 g/mol. The van der Waals surface area contributed by atoms with Gasteiger partial charge in [-0.25, -0.2) is 19.4 Å². The SMILES string of the molecule is CN(C)Nc1ncnc(NNC(=O)c2ccccc2F)c1N. The summed E-state index contributed by atoms with van der Waals surface area (Å²) in [6.45, 7) is 0. The predicted molar refractivity (Wildman–Crippen MR) is 81.2 cm³/mol. The lowest BCUT2D eigenvalue weighted by Crippen LogP contribution is -2.31. The Morgan fingerprint density at radius 2 is 1.91 bits per heavy atom. The van der Waals surface area contributed by atoms with Crippen molar-refractivity contribution in [2.75, 3.05) is 30.7 Å². The molecule has 8 nitrogen and oxygen atoms in total. The highest BCUT2D eigenvalue weighted by atomic mass is 19.1. The van der Waals surface area contributed by atoms with Crippen LogP contribution < -0.4 is 22.0 Å². The Morgan fingerprint density at radius 3 is 2.59 bits per heavy atom. The molecule has 1 amide bonds. The lowest BCUT2D eigenvalue weighted by Gasteiger charge is -2.16. The van der Waals surface area contributed by atoms with E-state index in [4.69, 9.17) is 5.73 Å². The third kappa shape index (κ3) is 3.58. The Bertz CT molecular complexity index is 677. The largest absolute Gasteiger partial charge is 0.393 e. The Balaban J connectivity index is 2.09. The summed E-state index contributed by atoms with van der Waals surface area (Å²) in [7, 11) is 3.54. The maximum atomic E-state index is 13.5. The van der Waals surface area contributed by atoms with Gasteiger partial charge in [-0.15, -0.1) is 0 Å². The number of carbonyl (C=O) groups is 1. The molecule has 1 aromatic carbocycles. The number of nitrogens with two attached hydrogens (primary N) is 1. The summed E-state index contributed by atoms with van der Waals surface area (Å²) < 4.78 is 13.5. The average Bonchev–Trinajstić information content (AvgIpc) is 2.48. The van der Waals surface area contributed by atoms with E-state index < -0.39 is 11.7 Å². The van der Waals surface area contributed by atoms with Gasteiger partial charge in [-0.2, -0.15) is 0 Å². The van der Waals surface area contributed by atoms with E-state index in [1.807, 2.05) is 0 Å². The minimum absolute atomic E-state index is 0.0886. The van der Waals surface area contributed by atoms with Crippen LogP contribution in [0.3, 0.4) is 0 Å². The van der Waals surface area contributed by atoms with Crippen LogP contribution in [0.5, 0.6) is 0 Å². The molecule has 0 saturated carbocycles. The van der Waals surface area contributed by atoms with Gasteiger partial charge in [0.05, 0.1) is 5.56 Å². The van der Waals surface area contributed by atoms with Crippen molar-refractivity contribution in [3.8, 4) is 0 Å². The summed E-state index contributed by atoms with van der Waals surface area (Å²) in [6, 6.07) is 5.64. The Hall–Kier alpha value is -2.94. The van der Waals surface area contributed by atoms with Crippen molar-refractivity contribution in [2.45, 2.75) is 0 Å². The van der Waals surface area contributed by atoms with E-state index in [-0.39, 0.29) is 17.1 Å². The zero-order valence-corrected chi connectivity index (χ0v) is 12.1. The fourth-order valence-corrected chi connectivity index (χ4v) is 1.62. The molecule has 0 unspecified atom stereocenters. The Kier molecular flexibility index (Phi) is 4.69. The number of carbonyl (C=O) groups excluding carboxylic acids is 1. The molecule has 0 atom stereocenters. The van der Waals surface area contributed by atoms with Crippen molar-refractivity contribution in [3.63, 3.8) is 0 Å². The molecule has 2 rings (SSSR count). The van der Waals surface area contributed by atoms with Crippen LogP contribution in [0.2, 0.25) is 0 Å². The number of benzene rings is 1. The first-order chi connectivity index (χ1) is 10.5. The van der Waals surface area contributed by atoms with E-state index in [0.29, 0.717) is 5.82 Å². The molecule has 0 bridgehead atoms. The first-order valence-corrected chi connectivity index (χ1v) is 6.34. The van der Waals surface area contributed by atoms with Crippen molar-refractivity contribution in [3.05, 3.63) is 42.0 Å². The third-order valence-electron chi connectivity index (χ3n) is 2.63. The highest BCUT2D eigenvalue weighted by Crippen LogP contribution is 2.21. The van der Waals surface area contributed by atoms with Crippen LogP contribution in [0, 0.1) is 5.82 Å². The van der Waals surface area contributed by atoms with Crippen LogP contribution in [-0.4, -0.2) is 35.0 Å². The molecule has 0 aliphatic heterocycles. The Morgan fingerprint density at radius 1 is 1.23 bits per heavy atom. The van der Waals surface area contributed by atoms with Gasteiger partial charge >= 0.3 is 0 Å². The lowest BCUT2D eigenvalue weighted by molar-refractivity contribution is 0.0958. The number of nitrogen functional groups attached to an aromatic ring is 1. The highest BCUT2D eigenvalue weighted by Gasteiger charge is 2.12. The van der Waals surface area contributed by atoms with Crippen LogP contribution in [0.25, 0.3) is 0 Å². The van der Waals surface area contributed by atoms with Gasteiger partial charge in [-0.1, -0.05) is 12.1 Å². The second-order valence-electron chi connectivity index (χ2n) is 4.55. The zero-order chi connectivity index (χ0) is 16.1. The predicted octanol–water partition coefficient (Wildman–Crippen LogP) is 0.843. The van der Waals surface area contributed by atoms with E-state index in [2.05, 4.69) is 26.2 Å². The summed E-state index contributed by atoms with van der Waals surface area (Å²) in [5, 5.41) is 1.65. The molecular formula is C13H16FN7O. The number of amides is 1. The van der Waals surface area contributed by atoms with Crippen LogP contribution in [0.4, 0.5) is 21.7 Å². The van der Waals surface area contributed by atoms with Gasteiger partial charge in [0.15, 0.2) is 11.6 Å². The molecule has 9 heteroatoms. The third-order valence-corrected chi connectivity index (χ3v) is 2.63. The maximum absolute atomic E-state index is 13.5. The van der Waals surface area contributed by atoms with Crippen molar-refractivity contribution in [1.29, 1.82) is 0 Å². The smallest absolute Gasteiger partial charge is 0.272 e. The molecule has 0 fully saturated rings. The number of rotatable bonds is 5. The van der Waals surface area contributed by atoms with E-state index >= 15 is 0 Å². The minimum Gasteiger partial charge on any atom is -0.393 e. The van der Waals surface area contributed by atoms with Crippen molar-refractivity contribution in [1.82, 2.24) is 20.4 Å². The highest BCUT2D eigenvalue weighted by molar-refractivity contribution is 5.95. The summed E-state index contributed by atoms with van der Waals surface area (Å²) >= 11 is 0. The summed E-state index contributed by atoms with van der Waals surface area (Å²) in [5.41, 5.74) is 13.8. The normalized spacial score (nSPS) is 10.4. The summed E-state index contributed by atoms with van der Waals surface area (Å²) in [6.07, 6.45) is 1.28. The molecule has 0 saturated heterocycles. The van der Waals surface area contributed by atoms with Crippen LogP contribution in [0.1, 0.15) is 10.4 Å². The molecular weight excluding hydrogens is 289 g/mol. The molecule has 2 aromatic rings. The quantitative estimate of drug-likeness (QED) is 0.606. The van der Waals surface area contributed by atoms with Gasteiger partial charge in [0.1, 0.15) is 17.8 Å². The number of hydrogen-bond acceptors (Lipinski definition) is 7. The van der Waals surface area contributed by atoms with Gasteiger partial charge in [0.2, 0.25) is 0 Å². The molecule has 0 aliphatic carbocycles. The summed E-state index contributed by atoms with van der Waals surface area (Å²) in [4.78, 5) is 19.8. The first-order valence-electron chi connectivity index (χ1n) is 6.34. The van der Waals surface area contributed by atoms with Gasteiger partial charge in [0.25, 0.3) is 5.91 Å². The fourth-order valence-electron chi connectivity index (χ4n) is 1.62. The number of nitrogens with zero attached hydrogens (tertiary/aromatic N) is 3. The van der Waals surface area contributed by atoms with E-state index in [0.717, 1.165) is 0 Å². The molecule has 22 heavy (non-hydrogen) atoms. The molecule has 116 valence electrons. The number of anilines is 3. The number of hydrazine groups is 2. The number of nitrogens with one attached hydrogen (secondary N) is 3. The molecule has 0 radical (unpaired) electrons. The minimum atomic E-state index is -0.641. The molecule has 0 spiro atoms. The maximum Gasteiger partial charge on any atom is 0.272 e. The van der Waals surface area contributed by atoms with E-state index in [1.165, 1.54) is 24.5 Å². The van der Waals surface area contributed by atoms with Crippen molar-refractivity contribution >= 4 is 23.2 Å². The lowest BCUT2D eigenvalue weighted by atomic mass is 10.2. The van der Waals surface area contributed by atoms with E-state index in [1.54, 1.807) is 25.2 Å². The van der Waals surface area contributed by atoms with Gasteiger partial charge < -0.3 is 11.2 Å². The second kappa shape index (κ2) is 6.68. The van der Waals surface area contributed by atoms with Gasteiger partial charge in [-0.3, -0.25) is 15.6 Å². The van der Waals surface area contributed by atoms with Gasteiger partial charge in [-0.05, 0) is 12.1 Å². The van der Waals surface area contributed by atoms with E-state index in [9.17, 15) is 9.18 Å². The van der Waals surface area contributed by atoms with Crippen molar-refractivity contribution < 1.29 is 9.18 Å². The first kappa shape index (κ1) is 15.4. The molecule has 1 heterocycles. The molecule has 5 N–H and O–H groups in total. The topological polar surface area (TPSA) is 108 Å². The average molecular weight is 305 g/mol. The standard InChI is InChI=1S/C13H16FN7O/c1-21(2)20-12-10(15)11(16-7-17-12)18-19-13(22)8-5-3-4-6-9(8)14/h3-7H,15H2,1-2H3,(H,19,22)(H2,16,17,18,20). The Labute approximate surface area is 126 Å². The summed E-state index contributed by atoms with van der Waals surface area (Å²) in [5.74, 6) is -0.683. The number of halogens is 1. The number of hydrogen-bond donors (Lipinski definition) is 4. The number of aromatic nitrogens is 2.